The summed E-state index contributed by atoms with van der Waals surface area (Å²) < 4.78 is 10.4. The van der Waals surface area contributed by atoms with E-state index in [0.717, 1.165) is 19.3 Å². The normalized spacial score (nSPS) is 12.4. The van der Waals surface area contributed by atoms with E-state index in [1.165, 1.54) is 19.3 Å². The lowest BCUT2D eigenvalue weighted by atomic mass is 10.0. The molecule has 0 aliphatic rings. The molecule has 0 aromatic heterocycles. The van der Waals surface area contributed by atoms with E-state index in [4.69, 9.17) is 9.47 Å². The largest absolute Gasteiger partial charge is 0.464 e. The average Bonchev–Trinajstić information content (AvgIpc) is 2.34. The molecule has 0 radical (unpaired) electrons. The van der Waals surface area contributed by atoms with Crippen LogP contribution in [0.2, 0.25) is 0 Å². The van der Waals surface area contributed by atoms with Gasteiger partial charge in [0.25, 0.3) is 0 Å². The molecule has 0 bridgehead atoms. The van der Waals surface area contributed by atoms with Crippen molar-refractivity contribution in [1.29, 1.82) is 0 Å². The Morgan fingerprint density at radius 2 is 1.82 bits per heavy atom. The Morgan fingerprint density at radius 3 is 2.41 bits per heavy atom. The van der Waals surface area contributed by atoms with Gasteiger partial charge in [-0.1, -0.05) is 46.5 Å². The van der Waals surface area contributed by atoms with Crippen LogP contribution in [0.5, 0.6) is 0 Å². The Labute approximate surface area is 106 Å². The summed E-state index contributed by atoms with van der Waals surface area (Å²) in [5, 5.41) is 0. The molecule has 17 heavy (non-hydrogen) atoms. The molecule has 0 aromatic carbocycles. The molecule has 0 fully saturated rings. The molecule has 1 atom stereocenters. The second-order valence-electron chi connectivity index (χ2n) is 4.51. The monoisotopic (exact) mass is 244 g/mol. The predicted molar refractivity (Wildman–Crippen MR) is 70.0 cm³/mol. The number of hydrogen-bond donors (Lipinski definition) is 0. The van der Waals surface area contributed by atoms with Crippen molar-refractivity contribution < 1.29 is 14.3 Å². The van der Waals surface area contributed by atoms with Crippen molar-refractivity contribution in [3.63, 3.8) is 0 Å². The molecule has 0 aromatic rings. The zero-order valence-corrected chi connectivity index (χ0v) is 11.7. The van der Waals surface area contributed by atoms with E-state index in [-0.39, 0.29) is 12.6 Å². The molecule has 0 amide bonds. The fourth-order valence-electron chi connectivity index (χ4n) is 1.58. The molecule has 0 aliphatic heterocycles. The van der Waals surface area contributed by atoms with Crippen LogP contribution in [0.1, 0.15) is 59.3 Å². The lowest BCUT2D eigenvalue weighted by Crippen LogP contribution is -2.17. The highest BCUT2D eigenvalue weighted by Crippen LogP contribution is 2.12. The van der Waals surface area contributed by atoms with Crippen LogP contribution in [0.4, 0.5) is 0 Å². The van der Waals surface area contributed by atoms with Gasteiger partial charge in [0.2, 0.25) is 0 Å². The Kier molecular flexibility index (Phi) is 11.5. The minimum Gasteiger partial charge on any atom is -0.464 e. The van der Waals surface area contributed by atoms with Crippen LogP contribution in [0.25, 0.3) is 0 Å². The molecule has 0 spiro atoms. The van der Waals surface area contributed by atoms with Crippen molar-refractivity contribution in [3.05, 3.63) is 0 Å². The van der Waals surface area contributed by atoms with E-state index in [0.29, 0.717) is 19.1 Å². The second-order valence-corrected chi connectivity index (χ2v) is 4.51. The van der Waals surface area contributed by atoms with E-state index in [9.17, 15) is 4.79 Å². The molecular formula is C14H28O3. The topological polar surface area (TPSA) is 35.5 Å². The Balaban J connectivity index is 3.48. The Morgan fingerprint density at radius 1 is 1.12 bits per heavy atom. The molecule has 1 unspecified atom stereocenters. The summed E-state index contributed by atoms with van der Waals surface area (Å²) in [5.74, 6) is 0.349. The van der Waals surface area contributed by atoms with Crippen molar-refractivity contribution >= 4 is 5.97 Å². The highest BCUT2D eigenvalue weighted by atomic mass is 16.6. The first-order valence-electron chi connectivity index (χ1n) is 6.97. The van der Waals surface area contributed by atoms with Gasteiger partial charge >= 0.3 is 5.97 Å². The lowest BCUT2D eigenvalue weighted by Gasteiger charge is -2.14. The minimum absolute atomic E-state index is 0.104. The van der Waals surface area contributed by atoms with Gasteiger partial charge in [-0.25, -0.2) is 4.79 Å². The summed E-state index contributed by atoms with van der Waals surface area (Å²) in [6.07, 6.45) is 6.74. The summed E-state index contributed by atoms with van der Waals surface area (Å²) in [6.45, 7) is 7.74. The molecule has 102 valence electrons. The quantitative estimate of drug-likeness (QED) is 0.412. The van der Waals surface area contributed by atoms with Gasteiger partial charge in [-0.3, -0.25) is 0 Å². The first kappa shape index (κ1) is 16.4. The molecule has 0 saturated heterocycles. The van der Waals surface area contributed by atoms with Crippen molar-refractivity contribution in [1.82, 2.24) is 0 Å². The fraction of sp³-hybridized carbons (Fsp3) is 0.929. The zero-order chi connectivity index (χ0) is 12.9. The van der Waals surface area contributed by atoms with Crippen molar-refractivity contribution in [3.8, 4) is 0 Å². The van der Waals surface area contributed by atoms with Gasteiger partial charge in [0.1, 0.15) is 6.61 Å². The van der Waals surface area contributed by atoms with Crippen LogP contribution < -0.4 is 0 Å². The van der Waals surface area contributed by atoms with Gasteiger partial charge in [-0.15, -0.1) is 0 Å². The summed E-state index contributed by atoms with van der Waals surface area (Å²) in [5.41, 5.74) is 0. The smallest absolute Gasteiger partial charge is 0.332 e. The summed E-state index contributed by atoms with van der Waals surface area (Å²) in [7, 11) is 0. The van der Waals surface area contributed by atoms with Crippen LogP contribution >= 0.6 is 0 Å². The van der Waals surface area contributed by atoms with Gasteiger partial charge in [0, 0.05) is 0 Å². The maximum Gasteiger partial charge on any atom is 0.332 e. The second kappa shape index (κ2) is 11.9. The average molecular weight is 244 g/mol. The predicted octanol–water partition coefficient (Wildman–Crippen LogP) is 3.56. The van der Waals surface area contributed by atoms with Gasteiger partial charge in [0.15, 0.2) is 0 Å². The van der Waals surface area contributed by atoms with Crippen LogP contribution in [-0.2, 0) is 14.3 Å². The molecule has 0 saturated carbocycles. The SMILES string of the molecule is CCCCOC(=O)COCC(CC)CCCC. The van der Waals surface area contributed by atoms with Crippen molar-refractivity contribution in [2.24, 2.45) is 5.92 Å². The molecule has 0 aliphatic carbocycles. The first-order valence-corrected chi connectivity index (χ1v) is 6.97. The van der Waals surface area contributed by atoms with E-state index in [1.54, 1.807) is 0 Å². The fourth-order valence-corrected chi connectivity index (χ4v) is 1.58. The van der Waals surface area contributed by atoms with Gasteiger partial charge < -0.3 is 9.47 Å². The van der Waals surface area contributed by atoms with E-state index in [2.05, 4.69) is 20.8 Å². The number of rotatable bonds is 11. The molecule has 0 rings (SSSR count). The first-order chi connectivity index (χ1) is 8.24. The van der Waals surface area contributed by atoms with Crippen molar-refractivity contribution in [2.75, 3.05) is 19.8 Å². The Hall–Kier alpha value is -0.570. The number of carbonyl (C=O) groups is 1. The molecular weight excluding hydrogens is 216 g/mol. The van der Waals surface area contributed by atoms with Crippen LogP contribution in [0.15, 0.2) is 0 Å². The number of unbranched alkanes of at least 4 members (excludes halogenated alkanes) is 2. The summed E-state index contributed by atoms with van der Waals surface area (Å²) >= 11 is 0. The van der Waals surface area contributed by atoms with Gasteiger partial charge in [-0.2, -0.15) is 0 Å². The third-order valence-electron chi connectivity index (χ3n) is 2.88. The highest BCUT2D eigenvalue weighted by Gasteiger charge is 2.08. The van der Waals surface area contributed by atoms with Gasteiger partial charge in [0.05, 0.1) is 13.2 Å². The third-order valence-corrected chi connectivity index (χ3v) is 2.88. The standard InChI is InChI=1S/C14H28O3/c1-4-7-9-13(6-3)11-16-12-14(15)17-10-8-5-2/h13H,4-12H2,1-3H3. The van der Waals surface area contributed by atoms with Crippen LogP contribution in [-0.4, -0.2) is 25.8 Å². The number of ether oxygens (including phenoxy) is 2. The van der Waals surface area contributed by atoms with Crippen LogP contribution in [0, 0.1) is 5.92 Å². The maximum absolute atomic E-state index is 11.3. The lowest BCUT2D eigenvalue weighted by molar-refractivity contribution is -0.149. The molecule has 0 N–H and O–H groups in total. The number of hydrogen-bond acceptors (Lipinski definition) is 3. The number of carbonyl (C=O) groups excluding carboxylic acids is 1. The van der Waals surface area contributed by atoms with Crippen LogP contribution in [0.3, 0.4) is 0 Å². The van der Waals surface area contributed by atoms with Crippen molar-refractivity contribution in [2.45, 2.75) is 59.3 Å². The zero-order valence-electron chi connectivity index (χ0n) is 11.7. The Bertz CT molecular complexity index is 180. The van der Waals surface area contributed by atoms with E-state index in [1.807, 2.05) is 0 Å². The summed E-state index contributed by atoms with van der Waals surface area (Å²) in [6, 6.07) is 0. The van der Waals surface area contributed by atoms with Gasteiger partial charge in [-0.05, 0) is 18.8 Å². The summed E-state index contributed by atoms with van der Waals surface area (Å²) in [4.78, 5) is 11.3. The maximum atomic E-state index is 11.3. The van der Waals surface area contributed by atoms with E-state index < -0.39 is 0 Å². The third kappa shape index (κ3) is 10.3. The van der Waals surface area contributed by atoms with E-state index >= 15 is 0 Å². The molecule has 0 heterocycles. The number of esters is 1. The molecule has 3 heteroatoms. The minimum atomic E-state index is -0.233. The highest BCUT2D eigenvalue weighted by molar-refractivity contribution is 5.70. The molecule has 3 nitrogen and oxygen atoms in total.